The van der Waals surface area contributed by atoms with E-state index in [1.807, 2.05) is 55.5 Å². The molecule has 1 aromatic heterocycles. The number of carboxylic acid groups (broad SMARTS) is 1. The Morgan fingerprint density at radius 3 is 2.48 bits per heavy atom. The highest BCUT2D eigenvalue weighted by Gasteiger charge is 2.06. The lowest BCUT2D eigenvalue weighted by Crippen LogP contribution is -1.95. The molecule has 3 aromatic rings. The first-order valence-corrected chi connectivity index (χ1v) is 7.43. The van der Waals surface area contributed by atoms with E-state index < -0.39 is 5.97 Å². The van der Waals surface area contributed by atoms with Gasteiger partial charge in [0.15, 0.2) is 0 Å². The van der Waals surface area contributed by atoms with E-state index in [2.05, 4.69) is 11.8 Å². The molecule has 114 valence electrons. The molecule has 1 N–H and O–H groups in total. The van der Waals surface area contributed by atoms with Crippen LogP contribution in [0, 0.1) is 18.8 Å². The second-order valence-corrected chi connectivity index (χ2v) is 5.48. The third kappa shape index (κ3) is 3.81. The zero-order chi connectivity index (χ0) is 16.2. The largest absolute Gasteiger partial charge is 0.481 e. The van der Waals surface area contributed by atoms with E-state index in [0.29, 0.717) is 12.2 Å². The van der Waals surface area contributed by atoms with E-state index in [9.17, 15) is 4.79 Å². The van der Waals surface area contributed by atoms with E-state index in [1.54, 1.807) is 0 Å². The minimum Gasteiger partial charge on any atom is -0.481 e. The van der Waals surface area contributed by atoms with Crippen molar-refractivity contribution in [2.75, 3.05) is 0 Å². The molecule has 3 rings (SSSR count). The second-order valence-electron chi connectivity index (χ2n) is 5.48. The number of fused-ring (bicyclic) bond motifs is 1. The molecule has 23 heavy (non-hydrogen) atoms. The maximum Gasteiger partial charge on any atom is 0.303 e. The summed E-state index contributed by atoms with van der Waals surface area (Å²) in [6.07, 6.45) is 0.467. The minimum atomic E-state index is -0.824. The van der Waals surface area contributed by atoms with E-state index >= 15 is 0 Å². The monoisotopic (exact) mass is 304 g/mol. The predicted molar refractivity (Wildman–Crippen MR) is 89.3 cm³/mol. The molecule has 0 spiro atoms. The summed E-state index contributed by atoms with van der Waals surface area (Å²) in [5, 5.41) is 9.67. The van der Waals surface area contributed by atoms with E-state index in [-0.39, 0.29) is 6.42 Å². The quantitative estimate of drug-likeness (QED) is 0.739. The molecule has 0 saturated heterocycles. The highest BCUT2D eigenvalue weighted by molar-refractivity contribution is 5.80. The van der Waals surface area contributed by atoms with Crippen molar-refractivity contribution in [3.05, 3.63) is 71.0 Å². The average Bonchev–Trinajstić information content (AvgIpc) is 2.94. The van der Waals surface area contributed by atoms with E-state index in [1.165, 1.54) is 5.56 Å². The van der Waals surface area contributed by atoms with Crippen molar-refractivity contribution < 1.29 is 14.3 Å². The molecule has 0 aliphatic carbocycles. The highest BCUT2D eigenvalue weighted by atomic mass is 16.4. The fourth-order valence-electron chi connectivity index (χ4n) is 2.31. The van der Waals surface area contributed by atoms with Crippen LogP contribution >= 0.6 is 0 Å². The van der Waals surface area contributed by atoms with Gasteiger partial charge in [0.2, 0.25) is 0 Å². The van der Waals surface area contributed by atoms with Gasteiger partial charge in [-0.15, -0.1) is 0 Å². The van der Waals surface area contributed by atoms with Crippen LogP contribution in [0.3, 0.4) is 0 Å². The van der Waals surface area contributed by atoms with Crippen molar-refractivity contribution in [1.82, 2.24) is 0 Å². The van der Waals surface area contributed by atoms with Crippen molar-refractivity contribution in [2.24, 2.45) is 0 Å². The Kier molecular flexibility index (Phi) is 4.16. The summed E-state index contributed by atoms with van der Waals surface area (Å²) in [6.45, 7) is 2.05. The zero-order valence-electron chi connectivity index (χ0n) is 12.8. The molecule has 0 fully saturated rings. The van der Waals surface area contributed by atoms with Gasteiger partial charge in [-0.25, -0.2) is 0 Å². The van der Waals surface area contributed by atoms with Gasteiger partial charge in [-0.2, -0.15) is 0 Å². The number of hydrogen-bond donors (Lipinski definition) is 1. The maximum absolute atomic E-state index is 10.6. The number of carbonyl (C=O) groups is 1. The van der Waals surface area contributed by atoms with Crippen LogP contribution in [-0.4, -0.2) is 11.1 Å². The van der Waals surface area contributed by atoms with Gasteiger partial charge in [-0.05, 0) is 43.3 Å². The first kappa shape index (κ1) is 14.9. The lowest BCUT2D eigenvalue weighted by Gasteiger charge is -1.93. The molecule has 3 nitrogen and oxygen atoms in total. The van der Waals surface area contributed by atoms with Crippen LogP contribution in [0.25, 0.3) is 11.0 Å². The van der Waals surface area contributed by atoms with Gasteiger partial charge >= 0.3 is 5.97 Å². The van der Waals surface area contributed by atoms with Crippen LogP contribution in [0.2, 0.25) is 0 Å². The number of rotatable bonds is 3. The smallest absolute Gasteiger partial charge is 0.303 e. The van der Waals surface area contributed by atoms with Gasteiger partial charge in [0.25, 0.3) is 0 Å². The number of furan rings is 1. The second kappa shape index (κ2) is 6.41. The first-order valence-electron chi connectivity index (χ1n) is 7.43. The number of benzene rings is 2. The van der Waals surface area contributed by atoms with Crippen molar-refractivity contribution in [1.29, 1.82) is 0 Å². The third-order valence-electron chi connectivity index (χ3n) is 3.56. The van der Waals surface area contributed by atoms with Crippen LogP contribution in [0.4, 0.5) is 0 Å². The Hall–Kier alpha value is -2.99. The summed E-state index contributed by atoms with van der Waals surface area (Å²) in [6, 6.07) is 15.7. The van der Waals surface area contributed by atoms with E-state index in [0.717, 1.165) is 22.1 Å². The number of aryl methyl sites for hydroxylation is 2. The molecule has 0 unspecified atom stereocenters. The van der Waals surface area contributed by atoms with Crippen LogP contribution in [0.15, 0.2) is 52.9 Å². The van der Waals surface area contributed by atoms with Gasteiger partial charge in [-0.1, -0.05) is 29.5 Å². The fourth-order valence-corrected chi connectivity index (χ4v) is 2.31. The Bertz CT molecular complexity index is 905. The molecule has 0 bridgehead atoms. The van der Waals surface area contributed by atoms with Crippen LogP contribution in [0.5, 0.6) is 0 Å². The number of aliphatic carboxylic acids is 1. The molecule has 0 amide bonds. The summed E-state index contributed by atoms with van der Waals surface area (Å²) in [4.78, 5) is 10.6. The molecule has 2 aromatic carbocycles. The summed E-state index contributed by atoms with van der Waals surface area (Å²) < 4.78 is 5.64. The molecule has 3 heteroatoms. The fraction of sp³-hybridized carbons (Fsp3) is 0.150. The average molecular weight is 304 g/mol. The Morgan fingerprint density at radius 2 is 1.74 bits per heavy atom. The van der Waals surface area contributed by atoms with Gasteiger partial charge in [0.1, 0.15) is 11.3 Å². The standard InChI is InChI=1S/C20H16O3/c1-14-2-4-15(5-3-14)6-7-16-8-10-19-17(12-16)13-18(23-19)9-11-20(21)22/h2-5,8,10,12-13H,9,11H2,1H3,(H,21,22). The lowest BCUT2D eigenvalue weighted by atomic mass is 10.1. The highest BCUT2D eigenvalue weighted by Crippen LogP contribution is 2.21. The summed E-state index contributed by atoms with van der Waals surface area (Å²) in [5.41, 5.74) is 3.85. The van der Waals surface area contributed by atoms with Crippen LogP contribution in [-0.2, 0) is 11.2 Å². The minimum absolute atomic E-state index is 0.0694. The van der Waals surface area contributed by atoms with Gasteiger partial charge in [0.05, 0.1) is 6.42 Å². The normalized spacial score (nSPS) is 10.3. The Balaban J connectivity index is 1.82. The Morgan fingerprint density at radius 1 is 1.04 bits per heavy atom. The number of carboxylic acids is 1. The molecule has 0 saturated carbocycles. The van der Waals surface area contributed by atoms with Crippen LogP contribution in [0.1, 0.15) is 28.9 Å². The van der Waals surface area contributed by atoms with Gasteiger partial charge in [0, 0.05) is 22.9 Å². The van der Waals surface area contributed by atoms with Gasteiger partial charge in [-0.3, -0.25) is 4.79 Å². The van der Waals surface area contributed by atoms with Gasteiger partial charge < -0.3 is 9.52 Å². The molecule has 0 atom stereocenters. The van der Waals surface area contributed by atoms with Crippen LogP contribution < -0.4 is 0 Å². The Labute approximate surface area is 134 Å². The molecule has 1 heterocycles. The summed E-state index contributed by atoms with van der Waals surface area (Å²) in [5.74, 6) is 6.15. The predicted octanol–water partition coefficient (Wildman–Crippen LogP) is 4.16. The molecule has 0 radical (unpaired) electrons. The summed E-state index contributed by atoms with van der Waals surface area (Å²) >= 11 is 0. The maximum atomic E-state index is 10.6. The topological polar surface area (TPSA) is 50.4 Å². The van der Waals surface area contributed by atoms with Crippen molar-refractivity contribution >= 4 is 16.9 Å². The molecule has 0 aliphatic rings. The molecule has 0 aliphatic heterocycles. The first-order chi connectivity index (χ1) is 11.1. The molecular weight excluding hydrogens is 288 g/mol. The van der Waals surface area contributed by atoms with E-state index in [4.69, 9.17) is 9.52 Å². The van der Waals surface area contributed by atoms with Crippen molar-refractivity contribution in [3.8, 4) is 11.8 Å². The zero-order valence-corrected chi connectivity index (χ0v) is 12.8. The third-order valence-corrected chi connectivity index (χ3v) is 3.56. The molecular formula is C20H16O3. The SMILES string of the molecule is Cc1ccc(C#Cc2ccc3oc(CCC(=O)O)cc3c2)cc1. The van der Waals surface area contributed by atoms with Crippen molar-refractivity contribution in [3.63, 3.8) is 0 Å². The summed E-state index contributed by atoms with van der Waals surface area (Å²) in [7, 11) is 0. The lowest BCUT2D eigenvalue weighted by molar-refractivity contribution is -0.137. The number of hydrogen-bond acceptors (Lipinski definition) is 2. The van der Waals surface area contributed by atoms with Crippen molar-refractivity contribution in [2.45, 2.75) is 19.8 Å².